The van der Waals surface area contributed by atoms with E-state index in [0.29, 0.717) is 5.92 Å². The summed E-state index contributed by atoms with van der Waals surface area (Å²) in [5, 5.41) is 2.79. The molecule has 0 radical (unpaired) electrons. The van der Waals surface area contributed by atoms with Gasteiger partial charge in [0.05, 0.1) is 5.69 Å². The molecule has 0 saturated heterocycles. The molecule has 1 aliphatic rings. The topological polar surface area (TPSA) is 67.2 Å². The lowest BCUT2D eigenvalue weighted by Gasteiger charge is -2.15. The van der Waals surface area contributed by atoms with Crippen LogP contribution in [0.15, 0.2) is 41.3 Å². The fraction of sp³-hybridized carbons (Fsp3) is 0.278. The minimum Gasteiger partial charge on any atom is -0.306 e. The first-order valence-corrected chi connectivity index (χ1v) is 8.85. The minimum absolute atomic E-state index is 0.221. The molecule has 4 nitrogen and oxygen atoms in total. The van der Waals surface area contributed by atoms with E-state index in [-0.39, 0.29) is 5.82 Å². The maximum absolute atomic E-state index is 13.3. The van der Waals surface area contributed by atoms with Gasteiger partial charge < -0.3 is 5.32 Å². The fourth-order valence-corrected chi connectivity index (χ4v) is 3.96. The summed E-state index contributed by atoms with van der Waals surface area (Å²) in [5.41, 5.74) is 6.12. The molecule has 0 unspecified atom stereocenters. The van der Waals surface area contributed by atoms with Crippen LogP contribution in [0.4, 0.5) is 14.9 Å². The zero-order chi connectivity index (χ0) is 17.1. The first kappa shape index (κ1) is 16.8. The van der Waals surface area contributed by atoms with Gasteiger partial charge >= 0.3 is 6.03 Å². The Morgan fingerprint density at radius 3 is 2.79 bits per heavy atom. The van der Waals surface area contributed by atoms with E-state index in [0.717, 1.165) is 27.5 Å². The number of urea groups is 1. The van der Waals surface area contributed by atoms with Gasteiger partial charge in [-0.05, 0) is 60.6 Å². The summed E-state index contributed by atoms with van der Waals surface area (Å²) in [4.78, 5) is 12.7. The number of hydrazine groups is 1. The molecule has 2 aromatic carbocycles. The molecule has 24 heavy (non-hydrogen) atoms. The van der Waals surface area contributed by atoms with Crippen LogP contribution in [-0.4, -0.2) is 6.03 Å². The van der Waals surface area contributed by atoms with Gasteiger partial charge in [-0.2, -0.15) is 0 Å². The Morgan fingerprint density at radius 1 is 1.33 bits per heavy atom. The highest BCUT2D eigenvalue weighted by Crippen LogP contribution is 2.47. The van der Waals surface area contributed by atoms with Crippen molar-refractivity contribution in [2.24, 2.45) is 5.84 Å². The average molecular weight is 345 g/mol. The van der Waals surface area contributed by atoms with Gasteiger partial charge in [0.15, 0.2) is 0 Å². The molecule has 2 amide bonds. The van der Waals surface area contributed by atoms with Gasteiger partial charge in [0, 0.05) is 10.6 Å². The van der Waals surface area contributed by atoms with E-state index in [9.17, 15) is 9.18 Å². The lowest BCUT2D eigenvalue weighted by molar-refractivity contribution is 0.252. The molecule has 6 heteroatoms. The van der Waals surface area contributed by atoms with Crippen LogP contribution in [0.1, 0.15) is 35.4 Å². The third-order valence-electron chi connectivity index (χ3n) is 4.12. The number of nitrogens with one attached hydrogen (secondary N) is 2. The SMILES string of the molecule is Cc1cc(F)ccc1CSc1c(NC(=O)NN)cccc1C1CC1. The fourth-order valence-electron chi connectivity index (χ4n) is 2.66. The van der Waals surface area contributed by atoms with Gasteiger partial charge in [-0.15, -0.1) is 11.8 Å². The highest BCUT2D eigenvalue weighted by Gasteiger charge is 2.27. The van der Waals surface area contributed by atoms with E-state index in [4.69, 9.17) is 5.84 Å². The van der Waals surface area contributed by atoms with Crippen molar-refractivity contribution in [2.45, 2.75) is 36.3 Å². The number of hydrogen-bond acceptors (Lipinski definition) is 3. The number of hydrogen-bond donors (Lipinski definition) is 3. The molecule has 4 N–H and O–H groups in total. The van der Waals surface area contributed by atoms with Crippen molar-refractivity contribution in [1.29, 1.82) is 0 Å². The molecular weight excluding hydrogens is 325 g/mol. The van der Waals surface area contributed by atoms with Crippen molar-refractivity contribution < 1.29 is 9.18 Å². The Hall–Kier alpha value is -2.05. The molecule has 0 spiro atoms. The molecule has 3 rings (SSSR count). The van der Waals surface area contributed by atoms with Crippen LogP contribution in [0.2, 0.25) is 0 Å². The summed E-state index contributed by atoms with van der Waals surface area (Å²) in [6, 6.07) is 10.3. The highest BCUT2D eigenvalue weighted by atomic mass is 32.2. The van der Waals surface area contributed by atoms with Gasteiger partial charge in [0.1, 0.15) is 5.82 Å². The van der Waals surface area contributed by atoms with Crippen LogP contribution in [0.5, 0.6) is 0 Å². The van der Waals surface area contributed by atoms with E-state index in [1.54, 1.807) is 17.8 Å². The molecule has 0 aromatic heterocycles. The quantitative estimate of drug-likeness (QED) is 0.328. The van der Waals surface area contributed by atoms with Crippen LogP contribution < -0.4 is 16.6 Å². The van der Waals surface area contributed by atoms with Gasteiger partial charge in [0.25, 0.3) is 0 Å². The van der Waals surface area contributed by atoms with Gasteiger partial charge in [-0.25, -0.2) is 15.0 Å². The summed E-state index contributed by atoms with van der Waals surface area (Å²) < 4.78 is 13.3. The number of amides is 2. The number of thioether (sulfide) groups is 1. The maximum Gasteiger partial charge on any atom is 0.333 e. The first-order chi connectivity index (χ1) is 11.6. The predicted molar refractivity (Wildman–Crippen MR) is 95.5 cm³/mol. The smallest absolute Gasteiger partial charge is 0.306 e. The normalized spacial score (nSPS) is 13.6. The Labute approximate surface area is 145 Å². The van der Waals surface area contributed by atoms with Crippen LogP contribution in [0, 0.1) is 12.7 Å². The van der Waals surface area contributed by atoms with Crippen LogP contribution in [0.3, 0.4) is 0 Å². The number of carbonyl (C=O) groups excluding carboxylic acids is 1. The Balaban J connectivity index is 1.85. The molecule has 2 aromatic rings. The third-order valence-corrected chi connectivity index (χ3v) is 5.32. The lowest BCUT2D eigenvalue weighted by Crippen LogP contribution is -2.34. The second-order valence-corrected chi connectivity index (χ2v) is 6.94. The monoisotopic (exact) mass is 345 g/mol. The van der Waals surface area contributed by atoms with Crippen molar-refractivity contribution >= 4 is 23.5 Å². The van der Waals surface area contributed by atoms with Gasteiger partial charge in [0.2, 0.25) is 0 Å². The van der Waals surface area contributed by atoms with Crippen molar-refractivity contribution in [1.82, 2.24) is 5.43 Å². The standard InChI is InChI=1S/C18H20FN3OS/c1-11-9-14(19)8-7-13(11)10-24-17-15(12-5-6-12)3-2-4-16(17)21-18(23)22-20/h2-4,7-9,12H,5-6,10,20H2,1H3,(H2,21,22,23). The number of halogens is 1. The van der Waals surface area contributed by atoms with E-state index >= 15 is 0 Å². The molecule has 0 aliphatic heterocycles. The molecule has 1 aliphatic carbocycles. The number of aryl methyl sites for hydroxylation is 1. The number of nitrogens with two attached hydrogens (primary N) is 1. The van der Waals surface area contributed by atoms with Crippen LogP contribution in [-0.2, 0) is 5.75 Å². The van der Waals surface area contributed by atoms with E-state index in [2.05, 4.69) is 16.8 Å². The number of carbonyl (C=O) groups is 1. The molecule has 1 saturated carbocycles. The number of benzene rings is 2. The summed E-state index contributed by atoms with van der Waals surface area (Å²) in [6.07, 6.45) is 2.35. The highest BCUT2D eigenvalue weighted by molar-refractivity contribution is 7.98. The summed E-state index contributed by atoms with van der Waals surface area (Å²) in [6.45, 7) is 1.91. The lowest BCUT2D eigenvalue weighted by atomic mass is 10.1. The average Bonchev–Trinajstić information content (AvgIpc) is 3.39. The number of rotatable bonds is 5. The van der Waals surface area contributed by atoms with E-state index in [1.165, 1.54) is 24.5 Å². The van der Waals surface area contributed by atoms with E-state index < -0.39 is 6.03 Å². The van der Waals surface area contributed by atoms with E-state index in [1.807, 2.05) is 25.1 Å². The van der Waals surface area contributed by atoms with Gasteiger partial charge in [-0.1, -0.05) is 18.2 Å². The minimum atomic E-state index is -0.442. The summed E-state index contributed by atoms with van der Waals surface area (Å²) >= 11 is 1.66. The zero-order valence-electron chi connectivity index (χ0n) is 13.4. The number of anilines is 1. The maximum atomic E-state index is 13.3. The molecule has 1 fully saturated rings. The Morgan fingerprint density at radius 2 is 2.12 bits per heavy atom. The van der Waals surface area contributed by atoms with Crippen molar-refractivity contribution in [3.8, 4) is 0 Å². The third kappa shape index (κ3) is 3.88. The van der Waals surface area contributed by atoms with Gasteiger partial charge in [-0.3, -0.25) is 5.43 Å². The van der Waals surface area contributed by atoms with Crippen molar-refractivity contribution in [2.75, 3.05) is 5.32 Å². The Bertz CT molecular complexity index is 762. The van der Waals surface area contributed by atoms with Crippen LogP contribution in [0.25, 0.3) is 0 Å². The molecular formula is C18H20FN3OS. The van der Waals surface area contributed by atoms with Crippen molar-refractivity contribution in [3.63, 3.8) is 0 Å². The largest absolute Gasteiger partial charge is 0.333 e. The second-order valence-electron chi connectivity index (χ2n) is 5.96. The molecule has 0 heterocycles. The first-order valence-electron chi connectivity index (χ1n) is 7.87. The summed E-state index contributed by atoms with van der Waals surface area (Å²) in [5.74, 6) is 6.23. The zero-order valence-corrected chi connectivity index (χ0v) is 14.3. The van der Waals surface area contributed by atoms with Crippen molar-refractivity contribution in [3.05, 3.63) is 58.9 Å². The molecule has 126 valence electrons. The predicted octanol–water partition coefficient (Wildman–Crippen LogP) is 4.30. The van der Waals surface area contributed by atoms with Crippen LogP contribution >= 0.6 is 11.8 Å². The molecule has 0 atom stereocenters. The molecule has 0 bridgehead atoms. The Kier molecular flexibility index (Phi) is 5.06. The second kappa shape index (κ2) is 7.23. The summed E-state index contributed by atoms with van der Waals surface area (Å²) in [7, 11) is 0.